The summed E-state index contributed by atoms with van der Waals surface area (Å²) in [6, 6.07) is 4.98. The van der Waals surface area contributed by atoms with E-state index in [0.29, 0.717) is 0 Å². The lowest BCUT2D eigenvalue weighted by molar-refractivity contribution is 0.582. The highest BCUT2D eigenvalue weighted by Crippen LogP contribution is 2.21. The molecule has 1 heterocycles. The van der Waals surface area contributed by atoms with Gasteiger partial charge in [0.2, 0.25) is 5.56 Å². The summed E-state index contributed by atoms with van der Waals surface area (Å²) < 4.78 is 52.2. The zero-order valence-corrected chi connectivity index (χ0v) is 10.2. The summed E-state index contributed by atoms with van der Waals surface area (Å²) in [4.78, 5) is 12.7. The summed E-state index contributed by atoms with van der Waals surface area (Å²) in [6.07, 6.45) is 0.934. The number of nitrogens with one attached hydrogen (secondary N) is 2. The molecule has 2 N–H and O–H groups in total. The van der Waals surface area contributed by atoms with E-state index < -0.39 is 32.9 Å². The highest BCUT2D eigenvalue weighted by Gasteiger charge is 2.18. The van der Waals surface area contributed by atoms with Crippen molar-refractivity contribution in [1.29, 1.82) is 0 Å². The van der Waals surface area contributed by atoms with E-state index in [1.165, 1.54) is 0 Å². The summed E-state index contributed by atoms with van der Waals surface area (Å²) >= 11 is 0. The molecule has 0 saturated heterocycles. The van der Waals surface area contributed by atoms with Gasteiger partial charge in [-0.05, 0) is 18.2 Å². The van der Waals surface area contributed by atoms with Gasteiger partial charge in [-0.2, -0.15) is 0 Å². The molecule has 5 nitrogen and oxygen atoms in total. The average molecular weight is 286 g/mol. The molecule has 0 amide bonds. The van der Waals surface area contributed by atoms with Crippen LogP contribution in [0.5, 0.6) is 0 Å². The van der Waals surface area contributed by atoms with E-state index in [1.54, 1.807) is 4.72 Å². The summed E-state index contributed by atoms with van der Waals surface area (Å²) in [5, 5.41) is 0. The number of hydrogen-bond acceptors (Lipinski definition) is 3. The highest BCUT2D eigenvalue weighted by atomic mass is 32.2. The van der Waals surface area contributed by atoms with Gasteiger partial charge in [0.15, 0.2) is 0 Å². The molecule has 1 aromatic carbocycles. The van der Waals surface area contributed by atoms with E-state index in [1.807, 2.05) is 0 Å². The number of para-hydroxylation sites is 1. The van der Waals surface area contributed by atoms with Gasteiger partial charge in [-0.3, -0.25) is 9.52 Å². The number of pyridine rings is 1. The fraction of sp³-hybridized carbons (Fsp3) is 0. The second kappa shape index (κ2) is 4.81. The van der Waals surface area contributed by atoms with Crippen LogP contribution in [0.25, 0.3) is 0 Å². The number of halogens is 2. The van der Waals surface area contributed by atoms with Crippen molar-refractivity contribution in [2.75, 3.05) is 4.72 Å². The molecule has 0 aliphatic rings. The number of benzene rings is 1. The lowest BCUT2D eigenvalue weighted by Crippen LogP contribution is -2.16. The molecule has 1 aromatic heterocycles. The van der Waals surface area contributed by atoms with E-state index in [-0.39, 0.29) is 4.90 Å². The summed E-state index contributed by atoms with van der Waals surface area (Å²) in [5.41, 5.74) is -1.26. The molecule has 19 heavy (non-hydrogen) atoms. The van der Waals surface area contributed by atoms with Gasteiger partial charge < -0.3 is 4.98 Å². The van der Waals surface area contributed by atoms with Crippen LogP contribution in [0.2, 0.25) is 0 Å². The van der Waals surface area contributed by atoms with Crippen molar-refractivity contribution in [1.82, 2.24) is 4.98 Å². The Hall–Kier alpha value is -2.22. The number of aromatic nitrogens is 1. The maximum absolute atomic E-state index is 13.3. The Morgan fingerprint density at radius 1 is 1.05 bits per heavy atom. The largest absolute Gasteiger partial charge is 0.328 e. The minimum absolute atomic E-state index is 0.310. The minimum Gasteiger partial charge on any atom is -0.328 e. The van der Waals surface area contributed by atoms with E-state index in [0.717, 1.165) is 36.5 Å². The minimum atomic E-state index is -4.18. The molecule has 0 aliphatic heterocycles. The second-order valence-corrected chi connectivity index (χ2v) is 5.27. The number of aromatic amines is 1. The molecular weight excluding hydrogens is 278 g/mol. The van der Waals surface area contributed by atoms with Gasteiger partial charge >= 0.3 is 0 Å². The van der Waals surface area contributed by atoms with Crippen LogP contribution < -0.4 is 10.3 Å². The average Bonchev–Trinajstić information content (AvgIpc) is 2.35. The van der Waals surface area contributed by atoms with Crippen molar-refractivity contribution in [3.63, 3.8) is 0 Å². The molecule has 2 aromatic rings. The molecule has 0 atom stereocenters. The zero-order chi connectivity index (χ0) is 14.0. The third-order valence-electron chi connectivity index (χ3n) is 2.27. The smallest absolute Gasteiger partial charge is 0.263 e. The van der Waals surface area contributed by atoms with Crippen LogP contribution >= 0.6 is 0 Å². The lowest BCUT2D eigenvalue weighted by atomic mass is 10.3. The standard InChI is InChI=1S/C11H8F2N2O3S/c12-8-2-1-3-9(13)11(8)15-19(17,18)7-4-5-10(16)14-6-7/h1-6,15H,(H,14,16). The Labute approximate surface area is 107 Å². The SMILES string of the molecule is O=c1ccc(S(=O)(=O)Nc2c(F)cccc2F)c[nH]1. The van der Waals surface area contributed by atoms with Crippen LogP contribution in [0.1, 0.15) is 0 Å². The zero-order valence-electron chi connectivity index (χ0n) is 9.35. The molecule has 100 valence electrons. The Morgan fingerprint density at radius 2 is 1.68 bits per heavy atom. The predicted octanol–water partition coefficient (Wildman–Crippen LogP) is 1.45. The first-order valence-electron chi connectivity index (χ1n) is 5.06. The molecule has 2 rings (SSSR count). The third-order valence-corrected chi connectivity index (χ3v) is 3.61. The third kappa shape index (κ3) is 2.79. The monoisotopic (exact) mass is 286 g/mol. The first-order chi connectivity index (χ1) is 8.90. The first-order valence-corrected chi connectivity index (χ1v) is 6.54. The summed E-state index contributed by atoms with van der Waals surface area (Å²) in [6.45, 7) is 0. The van der Waals surface area contributed by atoms with Crippen molar-refractivity contribution in [3.05, 3.63) is 58.5 Å². The molecule has 0 fully saturated rings. The quantitative estimate of drug-likeness (QED) is 0.896. The lowest BCUT2D eigenvalue weighted by Gasteiger charge is -2.09. The van der Waals surface area contributed by atoms with Crippen LogP contribution in [-0.4, -0.2) is 13.4 Å². The van der Waals surface area contributed by atoms with Crippen LogP contribution in [0.3, 0.4) is 0 Å². The first kappa shape index (κ1) is 13.2. The van der Waals surface area contributed by atoms with E-state index in [9.17, 15) is 22.0 Å². The van der Waals surface area contributed by atoms with Gasteiger partial charge in [0.05, 0.1) is 0 Å². The Bertz CT molecular complexity index is 731. The Morgan fingerprint density at radius 3 is 2.21 bits per heavy atom. The maximum atomic E-state index is 13.3. The molecule has 0 aliphatic carbocycles. The van der Waals surface area contributed by atoms with Crippen LogP contribution in [-0.2, 0) is 10.0 Å². The van der Waals surface area contributed by atoms with Crippen molar-refractivity contribution < 1.29 is 17.2 Å². The molecule has 0 saturated carbocycles. The van der Waals surface area contributed by atoms with Gasteiger partial charge in [0.25, 0.3) is 10.0 Å². The molecule has 8 heteroatoms. The van der Waals surface area contributed by atoms with Crippen molar-refractivity contribution in [3.8, 4) is 0 Å². The van der Waals surface area contributed by atoms with Crippen LogP contribution in [0, 0.1) is 11.6 Å². The van der Waals surface area contributed by atoms with E-state index >= 15 is 0 Å². The normalized spacial score (nSPS) is 11.3. The van der Waals surface area contributed by atoms with Gasteiger partial charge in [0.1, 0.15) is 22.2 Å². The van der Waals surface area contributed by atoms with Crippen LogP contribution in [0.15, 0.2) is 46.2 Å². The van der Waals surface area contributed by atoms with Crippen molar-refractivity contribution in [2.45, 2.75) is 4.90 Å². The molecule has 0 bridgehead atoms. The van der Waals surface area contributed by atoms with Gasteiger partial charge in [-0.1, -0.05) is 6.07 Å². The topological polar surface area (TPSA) is 79.0 Å². The van der Waals surface area contributed by atoms with E-state index in [4.69, 9.17) is 0 Å². The Kier molecular flexibility index (Phi) is 3.34. The number of H-pyrrole nitrogens is 1. The molecule has 0 spiro atoms. The van der Waals surface area contributed by atoms with Crippen molar-refractivity contribution in [2.24, 2.45) is 0 Å². The fourth-order valence-corrected chi connectivity index (χ4v) is 2.39. The predicted molar refractivity (Wildman–Crippen MR) is 64.2 cm³/mol. The van der Waals surface area contributed by atoms with Gasteiger partial charge in [-0.25, -0.2) is 17.2 Å². The maximum Gasteiger partial charge on any atom is 0.263 e. The molecule has 0 radical (unpaired) electrons. The summed E-state index contributed by atoms with van der Waals surface area (Å²) in [7, 11) is -4.18. The Balaban J connectivity index is 2.42. The van der Waals surface area contributed by atoms with Crippen molar-refractivity contribution >= 4 is 15.7 Å². The summed E-state index contributed by atoms with van der Waals surface area (Å²) in [5.74, 6) is -2.07. The van der Waals surface area contributed by atoms with Gasteiger partial charge in [-0.15, -0.1) is 0 Å². The fourth-order valence-electron chi connectivity index (χ4n) is 1.35. The van der Waals surface area contributed by atoms with Gasteiger partial charge in [0, 0.05) is 12.3 Å². The van der Waals surface area contributed by atoms with Crippen LogP contribution in [0.4, 0.5) is 14.5 Å². The highest BCUT2D eigenvalue weighted by molar-refractivity contribution is 7.92. The number of anilines is 1. The molecular formula is C11H8F2N2O3S. The molecule has 0 unspecified atom stereocenters. The van der Waals surface area contributed by atoms with E-state index in [2.05, 4.69) is 4.98 Å². The number of hydrogen-bond donors (Lipinski definition) is 2. The number of sulfonamides is 1. The second-order valence-electron chi connectivity index (χ2n) is 3.59. The number of rotatable bonds is 3.